The second-order valence-corrected chi connectivity index (χ2v) is 7.58. The third-order valence-corrected chi connectivity index (χ3v) is 5.45. The molecule has 178 valence electrons. The van der Waals surface area contributed by atoms with Gasteiger partial charge in [-0.05, 0) is 48.4 Å². The number of benzene rings is 2. The Hall–Kier alpha value is -7.34. The molecule has 0 atom stereocenters. The van der Waals surface area contributed by atoms with Gasteiger partial charge in [-0.3, -0.25) is 0 Å². The lowest BCUT2D eigenvalue weighted by Gasteiger charge is -2.07. The van der Waals surface area contributed by atoms with E-state index in [1.807, 2.05) is 12.1 Å². The van der Waals surface area contributed by atoms with Crippen molar-refractivity contribution >= 4 is 22.2 Å². The van der Waals surface area contributed by atoms with E-state index in [0.29, 0.717) is 0 Å². The first-order valence-corrected chi connectivity index (χ1v) is 10.8. The molecular formula is C30H8N10. The van der Waals surface area contributed by atoms with E-state index < -0.39 is 57.6 Å². The van der Waals surface area contributed by atoms with Crippen molar-refractivity contribution in [3.05, 3.63) is 104 Å². The van der Waals surface area contributed by atoms with E-state index in [4.69, 9.17) is 5.48 Å². The summed E-state index contributed by atoms with van der Waals surface area (Å²) < 4.78 is 32.7. The molecule has 0 aliphatic carbocycles. The number of hydrogen-bond acceptors (Lipinski definition) is 10. The highest BCUT2D eigenvalue weighted by atomic mass is 14.8. The Kier molecular flexibility index (Phi) is 5.58. The van der Waals surface area contributed by atoms with Crippen LogP contribution in [0.2, 0.25) is 0 Å². The summed E-state index contributed by atoms with van der Waals surface area (Å²) in [5.74, 6) is 0. The Morgan fingerprint density at radius 3 is 1.07 bits per heavy atom. The fourth-order valence-electron chi connectivity index (χ4n) is 3.78. The molecule has 0 N–H and O–H groups in total. The van der Waals surface area contributed by atoms with Crippen molar-refractivity contribution in [2.24, 2.45) is 0 Å². The van der Waals surface area contributed by atoms with Gasteiger partial charge in [-0.25, -0.2) is 9.97 Å². The number of rotatable bonds is 2. The van der Waals surface area contributed by atoms with Gasteiger partial charge in [0.05, 0.1) is 108 Å². The van der Waals surface area contributed by atoms with Gasteiger partial charge in [-0.15, -0.1) is 0 Å². The normalized spacial score (nSPS) is 12.5. The van der Waals surface area contributed by atoms with Crippen LogP contribution in [0.1, 0.15) is 50.0 Å². The molecule has 10 heteroatoms. The quantitative estimate of drug-likeness (QED) is 0.381. The fourth-order valence-corrected chi connectivity index (χ4v) is 3.78. The van der Waals surface area contributed by atoms with Crippen LogP contribution in [0.5, 0.6) is 0 Å². The average molecular weight is 512 g/mol. The minimum absolute atomic E-state index is 0.0566. The van der Waals surface area contributed by atoms with Crippen molar-refractivity contribution in [1.82, 2.24) is 9.97 Å². The average Bonchev–Trinajstić information content (AvgIpc) is 3.02. The van der Waals surface area contributed by atoms with Crippen LogP contribution in [0.15, 0.2) is 48.4 Å². The molecule has 0 amide bonds. The molecule has 0 bridgehead atoms. The second kappa shape index (κ2) is 10.7. The molecule has 0 fully saturated rings. The van der Waals surface area contributed by atoms with Crippen LogP contribution >= 0.6 is 0 Å². The summed E-state index contributed by atoms with van der Waals surface area (Å²) in [6.45, 7) is 0. The largest absolute Gasteiger partial charge is 0.245 e. The van der Waals surface area contributed by atoms with Gasteiger partial charge < -0.3 is 0 Å². The minimum Gasteiger partial charge on any atom is -0.245 e. The molecule has 0 spiro atoms. The topological polar surface area (TPSA) is 216 Å². The summed E-state index contributed by atoms with van der Waals surface area (Å²) in [6, 6.07) is 16.8. The first kappa shape index (κ1) is 20.8. The molecule has 4 aromatic rings. The Morgan fingerprint density at radius 1 is 0.500 bits per heavy atom. The third-order valence-electron chi connectivity index (χ3n) is 5.45. The van der Waals surface area contributed by atoms with Gasteiger partial charge in [0.2, 0.25) is 0 Å². The van der Waals surface area contributed by atoms with E-state index >= 15 is 0 Å². The molecule has 4 rings (SSSR count). The Bertz CT molecular complexity index is 2220. The van der Waals surface area contributed by atoms with Crippen LogP contribution < -0.4 is 10.7 Å². The molecule has 0 saturated carbocycles. The number of nitriles is 8. The van der Waals surface area contributed by atoms with E-state index in [1.54, 1.807) is 36.4 Å². The summed E-state index contributed by atoms with van der Waals surface area (Å²) in [5.41, 5.74) is -3.80. The monoisotopic (exact) mass is 512 g/mol. The standard InChI is InChI=1S/C30H8N10/c31-9-17-5-19(11-33)29(20(6-17)12-34)23(15-37)25-1-3-27-28(39-25)4-2-26(40-27)24(16-38)30-21(13-35)7-18(10-32)8-22(30)14-36/h1-8H/b25-23-,26-24+/i5D,6D,7D,8D. The van der Waals surface area contributed by atoms with Crippen molar-refractivity contribution in [2.75, 3.05) is 0 Å². The van der Waals surface area contributed by atoms with E-state index in [-0.39, 0.29) is 44.0 Å². The molecule has 2 aromatic heterocycles. The molecule has 0 radical (unpaired) electrons. The highest BCUT2D eigenvalue weighted by molar-refractivity contribution is 5.86. The van der Waals surface area contributed by atoms with Crippen molar-refractivity contribution < 1.29 is 5.48 Å². The van der Waals surface area contributed by atoms with E-state index in [0.717, 1.165) is 0 Å². The number of fused-ring (bicyclic) bond motifs is 1. The lowest BCUT2D eigenvalue weighted by Crippen LogP contribution is -2.16. The minimum atomic E-state index is -0.614. The number of nitrogens with zero attached hydrogens (tertiary/aromatic N) is 10. The third kappa shape index (κ3) is 4.36. The molecule has 0 aliphatic rings. The van der Waals surface area contributed by atoms with Gasteiger partial charge >= 0.3 is 0 Å². The van der Waals surface area contributed by atoms with Crippen molar-refractivity contribution in [3.8, 4) is 48.6 Å². The summed E-state index contributed by atoms with van der Waals surface area (Å²) in [4.78, 5) is 8.74. The van der Waals surface area contributed by atoms with Crippen LogP contribution in [0.4, 0.5) is 0 Å². The van der Waals surface area contributed by atoms with Gasteiger partial charge in [0.1, 0.15) is 12.1 Å². The highest BCUT2D eigenvalue weighted by Crippen LogP contribution is 2.24. The van der Waals surface area contributed by atoms with Crippen LogP contribution in [-0.4, -0.2) is 9.97 Å². The van der Waals surface area contributed by atoms with Gasteiger partial charge in [0.25, 0.3) is 0 Å². The van der Waals surface area contributed by atoms with Gasteiger partial charge in [0, 0.05) is 11.1 Å². The molecule has 0 unspecified atom stereocenters. The van der Waals surface area contributed by atoms with Crippen LogP contribution in [0.3, 0.4) is 0 Å². The van der Waals surface area contributed by atoms with Crippen LogP contribution in [0.25, 0.3) is 22.2 Å². The summed E-state index contributed by atoms with van der Waals surface area (Å²) in [5, 5.41) is 77.5. The molecule has 10 nitrogen and oxygen atoms in total. The van der Waals surface area contributed by atoms with Gasteiger partial charge in [-0.1, -0.05) is 0 Å². The predicted octanol–water partition coefficient (Wildman–Crippen LogP) is 2.31. The zero-order valence-electron chi connectivity index (χ0n) is 23.8. The number of aromatic nitrogens is 2. The Morgan fingerprint density at radius 2 is 0.825 bits per heavy atom. The lowest BCUT2D eigenvalue weighted by atomic mass is 9.93. The summed E-state index contributed by atoms with van der Waals surface area (Å²) in [7, 11) is 0. The smallest absolute Gasteiger partial charge is 0.102 e. The zero-order chi connectivity index (χ0) is 32.3. The molecule has 2 heterocycles. The Labute approximate surface area is 232 Å². The fraction of sp³-hybridized carbons (Fsp3) is 0. The maximum absolute atomic E-state index is 10.0. The molecule has 0 saturated heterocycles. The molecule has 0 aliphatic heterocycles. The number of pyridine rings is 2. The summed E-state index contributed by atoms with van der Waals surface area (Å²) in [6.07, 6.45) is 0. The van der Waals surface area contributed by atoms with E-state index in [9.17, 15) is 42.1 Å². The first-order chi connectivity index (χ1) is 21.2. The maximum Gasteiger partial charge on any atom is 0.102 e. The zero-order valence-corrected chi connectivity index (χ0v) is 19.8. The highest BCUT2D eigenvalue weighted by Gasteiger charge is 2.18. The molecule has 40 heavy (non-hydrogen) atoms. The first-order valence-electron chi connectivity index (χ1n) is 12.8. The lowest BCUT2D eigenvalue weighted by molar-refractivity contribution is 1.23. The number of hydrogen-bond donors (Lipinski definition) is 0. The van der Waals surface area contributed by atoms with Gasteiger partial charge in [-0.2, -0.15) is 42.1 Å². The van der Waals surface area contributed by atoms with Crippen LogP contribution in [0, 0.1) is 90.6 Å². The SMILES string of the molecule is [2H]c1c(C#N)c([2H])c(C#N)c(/C(C#N)=c2\ccc3n/c(=C(/C#N)c4c(C#N)c([2H])c(C#N)c([2H])c4C#N)ccc3n2)c1C#N. The summed E-state index contributed by atoms with van der Waals surface area (Å²) >= 11 is 0. The van der Waals surface area contributed by atoms with Crippen LogP contribution in [-0.2, 0) is 0 Å². The Balaban J connectivity index is 2.11. The molecule has 2 aromatic carbocycles. The van der Waals surface area contributed by atoms with Gasteiger partial charge in [0.15, 0.2) is 0 Å². The van der Waals surface area contributed by atoms with Crippen molar-refractivity contribution in [2.45, 2.75) is 0 Å². The second-order valence-electron chi connectivity index (χ2n) is 7.58. The van der Waals surface area contributed by atoms with Crippen molar-refractivity contribution in [3.63, 3.8) is 0 Å². The van der Waals surface area contributed by atoms with Crippen molar-refractivity contribution in [1.29, 1.82) is 42.1 Å². The van der Waals surface area contributed by atoms with E-state index in [1.165, 1.54) is 24.3 Å². The maximum atomic E-state index is 10.0. The molecular weight excluding hydrogens is 500 g/mol. The van der Waals surface area contributed by atoms with E-state index in [2.05, 4.69) is 9.97 Å². The predicted molar refractivity (Wildman–Crippen MR) is 136 cm³/mol.